The van der Waals surface area contributed by atoms with Gasteiger partial charge in [0.25, 0.3) is 5.91 Å². The highest BCUT2D eigenvalue weighted by molar-refractivity contribution is 6.30. The maximum Gasteiger partial charge on any atom is 0.270 e. The average molecular weight is 412 g/mol. The summed E-state index contributed by atoms with van der Waals surface area (Å²) in [6, 6.07) is 8.07. The molecular formula is C21H22ClN5O2. The number of rotatable bonds is 5. The number of hydrogen-bond donors (Lipinski definition) is 1. The Morgan fingerprint density at radius 2 is 1.93 bits per heavy atom. The fraction of sp³-hybridized carbons (Fsp3) is 0.333. The number of nitrogens with one attached hydrogen (secondary N) is 1. The maximum absolute atomic E-state index is 12.8. The number of benzene rings is 1. The Bertz CT molecular complexity index is 1050. The fourth-order valence-corrected chi connectivity index (χ4v) is 3.69. The van der Waals surface area contributed by atoms with E-state index in [1.165, 1.54) is 6.20 Å². The van der Waals surface area contributed by atoms with E-state index in [-0.39, 0.29) is 5.91 Å². The van der Waals surface area contributed by atoms with Crippen molar-refractivity contribution in [3.8, 4) is 0 Å². The van der Waals surface area contributed by atoms with Crippen molar-refractivity contribution < 1.29 is 9.59 Å². The van der Waals surface area contributed by atoms with E-state index in [2.05, 4.69) is 20.2 Å². The molecule has 1 aliphatic rings. The molecule has 8 heteroatoms. The molecule has 2 aromatic heterocycles. The van der Waals surface area contributed by atoms with Gasteiger partial charge >= 0.3 is 0 Å². The molecule has 0 unspecified atom stereocenters. The van der Waals surface area contributed by atoms with Crippen LogP contribution in [0.25, 0.3) is 5.78 Å². The largest absolute Gasteiger partial charge is 0.371 e. The number of carbonyl (C=O) groups excluding carboxylic acids is 2. The van der Waals surface area contributed by atoms with Gasteiger partial charge < -0.3 is 10.2 Å². The quantitative estimate of drug-likeness (QED) is 0.698. The Balaban J connectivity index is 1.45. The molecular weight excluding hydrogens is 390 g/mol. The molecule has 1 N–H and O–H groups in total. The van der Waals surface area contributed by atoms with E-state index in [0.29, 0.717) is 53.8 Å². The number of Topliss-reactive ketones (excluding diaryl/α,β-unsaturated/α-hetero) is 1. The molecule has 1 aliphatic heterocycles. The topological polar surface area (TPSA) is 79.6 Å². The van der Waals surface area contributed by atoms with Gasteiger partial charge in [-0.2, -0.15) is 0 Å². The summed E-state index contributed by atoms with van der Waals surface area (Å²) in [5, 5.41) is 3.41. The summed E-state index contributed by atoms with van der Waals surface area (Å²) in [4.78, 5) is 35.1. The van der Waals surface area contributed by atoms with Crippen molar-refractivity contribution in [2.75, 3.05) is 18.0 Å². The highest BCUT2D eigenvalue weighted by atomic mass is 35.5. The molecule has 1 aromatic carbocycles. The molecule has 1 fully saturated rings. The number of aromatic nitrogens is 3. The van der Waals surface area contributed by atoms with Crippen LogP contribution in [0.3, 0.4) is 0 Å². The number of hydrogen-bond acceptors (Lipinski definition) is 5. The predicted molar refractivity (Wildman–Crippen MR) is 111 cm³/mol. The molecule has 0 spiro atoms. The van der Waals surface area contributed by atoms with Crippen molar-refractivity contribution in [2.45, 2.75) is 32.7 Å². The summed E-state index contributed by atoms with van der Waals surface area (Å²) in [6.45, 7) is 3.88. The van der Waals surface area contributed by atoms with Crippen molar-refractivity contribution in [2.24, 2.45) is 0 Å². The molecule has 150 valence electrons. The fourth-order valence-electron chi connectivity index (χ4n) is 3.55. The molecule has 1 saturated heterocycles. The van der Waals surface area contributed by atoms with E-state index in [9.17, 15) is 9.59 Å². The molecule has 0 saturated carbocycles. The van der Waals surface area contributed by atoms with Gasteiger partial charge in [0.05, 0.1) is 16.9 Å². The number of fused-ring (bicyclic) bond motifs is 1. The van der Waals surface area contributed by atoms with Crippen molar-refractivity contribution in [1.29, 1.82) is 0 Å². The molecule has 0 radical (unpaired) electrons. The number of carbonyl (C=O) groups is 2. The minimum absolute atomic E-state index is 0.211. The van der Waals surface area contributed by atoms with Crippen molar-refractivity contribution in [3.63, 3.8) is 0 Å². The first-order valence-electron chi connectivity index (χ1n) is 9.71. The zero-order chi connectivity index (χ0) is 20.4. The van der Waals surface area contributed by atoms with Crippen molar-refractivity contribution in [1.82, 2.24) is 19.7 Å². The summed E-state index contributed by atoms with van der Waals surface area (Å²) < 4.78 is 1.64. The van der Waals surface area contributed by atoms with Gasteiger partial charge in [-0.15, -0.1) is 0 Å². The Morgan fingerprint density at radius 3 is 2.62 bits per heavy atom. The van der Waals surface area contributed by atoms with E-state index in [4.69, 9.17) is 11.6 Å². The van der Waals surface area contributed by atoms with E-state index < -0.39 is 0 Å². The lowest BCUT2D eigenvalue weighted by Gasteiger charge is -2.28. The third-order valence-corrected chi connectivity index (χ3v) is 5.34. The zero-order valence-electron chi connectivity index (χ0n) is 16.2. The van der Waals surface area contributed by atoms with Gasteiger partial charge in [-0.1, -0.05) is 30.7 Å². The number of piperidine rings is 1. The van der Waals surface area contributed by atoms with Gasteiger partial charge in [0, 0.05) is 44.4 Å². The SMILES string of the molecule is CCc1nc2ncc(Cl)cn2c1C(=O)NCc1ccc(N2CCC(=O)CC2)cc1. The van der Waals surface area contributed by atoms with E-state index >= 15 is 0 Å². The lowest BCUT2D eigenvalue weighted by Crippen LogP contribution is -2.33. The minimum Gasteiger partial charge on any atom is -0.371 e. The zero-order valence-corrected chi connectivity index (χ0v) is 16.9. The van der Waals surface area contributed by atoms with Crippen LogP contribution < -0.4 is 10.2 Å². The van der Waals surface area contributed by atoms with Gasteiger partial charge in [-0.3, -0.25) is 14.0 Å². The number of aryl methyl sites for hydroxylation is 1. The Kier molecular flexibility index (Phi) is 5.49. The predicted octanol–water partition coefficient (Wildman–Crippen LogP) is 3.04. The second kappa shape index (κ2) is 8.21. The lowest BCUT2D eigenvalue weighted by molar-refractivity contribution is -0.119. The van der Waals surface area contributed by atoms with Gasteiger partial charge in [0.15, 0.2) is 0 Å². The van der Waals surface area contributed by atoms with Crippen LogP contribution in [-0.2, 0) is 17.8 Å². The van der Waals surface area contributed by atoms with Crippen molar-refractivity contribution >= 4 is 34.8 Å². The van der Waals surface area contributed by atoms with Crippen molar-refractivity contribution in [3.05, 3.63) is 58.6 Å². The second-order valence-corrected chi connectivity index (χ2v) is 7.51. The van der Waals surface area contributed by atoms with Crippen LogP contribution in [0.4, 0.5) is 5.69 Å². The molecule has 1 amide bonds. The first kappa shape index (κ1) is 19.4. The number of nitrogens with zero attached hydrogens (tertiary/aromatic N) is 4. The van der Waals surface area contributed by atoms with Gasteiger partial charge in [-0.25, -0.2) is 9.97 Å². The number of imidazole rings is 1. The smallest absolute Gasteiger partial charge is 0.270 e. The lowest BCUT2D eigenvalue weighted by atomic mass is 10.1. The normalized spacial score (nSPS) is 14.4. The summed E-state index contributed by atoms with van der Waals surface area (Å²) in [6.07, 6.45) is 5.01. The molecule has 4 rings (SSSR count). The molecule has 0 bridgehead atoms. The van der Waals surface area contributed by atoms with Crippen LogP contribution in [0, 0.1) is 0 Å². The van der Waals surface area contributed by atoms with Gasteiger partial charge in [0.2, 0.25) is 5.78 Å². The van der Waals surface area contributed by atoms with Crippen LogP contribution in [0.5, 0.6) is 0 Å². The minimum atomic E-state index is -0.211. The van der Waals surface area contributed by atoms with E-state index in [1.807, 2.05) is 31.2 Å². The standard InChI is InChI=1S/C21H22ClN5O2/c1-2-18-19(27-13-15(22)12-24-21(27)25-18)20(29)23-11-14-3-5-16(6-4-14)26-9-7-17(28)8-10-26/h3-6,12-13H,2,7-11H2,1H3,(H,23,29). The first-order chi connectivity index (χ1) is 14.0. The summed E-state index contributed by atoms with van der Waals surface area (Å²) in [7, 11) is 0. The number of anilines is 1. The molecule has 3 aromatic rings. The van der Waals surface area contributed by atoms with Crippen LogP contribution in [-0.4, -0.2) is 39.1 Å². The van der Waals surface area contributed by atoms with Gasteiger partial charge in [0.1, 0.15) is 11.5 Å². The molecule has 7 nitrogen and oxygen atoms in total. The Labute approximate surface area is 173 Å². The molecule has 0 atom stereocenters. The third kappa shape index (κ3) is 4.10. The number of amides is 1. The summed E-state index contributed by atoms with van der Waals surface area (Å²) in [5.74, 6) is 0.578. The summed E-state index contributed by atoms with van der Waals surface area (Å²) >= 11 is 6.04. The van der Waals surface area contributed by atoms with E-state index in [1.54, 1.807) is 10.6 Å². The maximum atomic E-state index is 12.8. The monoisotopic (exact) mass is 411 g/mol. The summed E-state index contributed by atoms with van der Waals surface area (Å²) in [5.41, 5.74) is 3.25. The van der Waals surface area contributed by atoms with Crippen LogP contribution >= 0.6 is 11.6 Å². The molecule has 3 heterocycles. The molecule has 29 heavy (non-hydrogen) atoms. The number of ketones is 1. The first-order valence-corrected chi connectivity index (χ1v) is 10.1. The van der Waals surface area contributed by atoms with E-state index in [0.717, 1.165) is 24.3 Å². The third-order valence-electron chi connectivity index (χ3n) is 5.15. The Hall–Kier alpha value is -2.93. The molecule has 0 aliphatic carbocycles. The number of halogens is 1. The van der Waals surface area contributed by atoms with Crippen LogP contribution in [0.15, 0.2) is 36.7 Å². The average Bonchev–Trinajstić information content (AvgIpc) is 3.11. The van der Waals surface area contributed by atoms with Crippen LogP contribution in [0.1, 0.15) is 41.5 Å². The highest BCUT2D eigenvalue weighted by Gasteiger charge is 2.19. The second-order valence-electron chi connectivity index (χ2n) is 7.08. The Morgan fingerprint density at radius 1 is 1.21 bits per heavy atom. The van der Waals surface area contributed by atoms with Crippen LogP contribution in [0.2, 0.25) is 5.02 Å². The highest BCUT2D eigenvalue weighted by Crippen LogP contribution is 2.20. The van der Waals surface area contributed by atoms with Gasteiger partial charge in [-0.05, 0) is 24.1 Å².